The van der Waals surface area contributed by atoms with Crippen molar-refractivity contribution in [2.24, 2.45) is 0 Å². The number of methoxy groups -OCH3 is 1. The van der Waals surface area contributed by atoms with Crippen LogP contribution in [-0.4, -0.2) is 47.5 Å². The third kappa shape index (κ3) is 3.01. The Morgan fingerprint density at radius 1 is 1.58 bits per heavy atom. The van der Waals surface area contributed by atoms with Gasteiger partial charge in [-0.15, -0.1) is 0 Å². The summed E-state index contributed by atoms with van der Waals surface area (Å²) in [6.45, 7) is -0.102. The Hall–Kier alpha value is -2.12. The number of aliphatic hydroxyl groups excluding tert-OH is 2. The maximum Gasteiger partial charge on any atom is 0.394 e. The number of benzene rings is 1. The summed E-state index contributed by atoms with van der Waals surface area (Å²) in [4.78, 5) is 15.3. The molecule has 1 unspecified atom stereocenters. The van der Waals surface area contributed by atoms with Crippen LogP contribution in [0.5, 0.6) is 0 Å². The Kier molecular flexibility index (Phi) is 3.98. The van der Waals surface area contributed by atoms with Gasteiger partial charge in [-0.1, -0.05) is 0 Å². The number of carbonyl (C=O) groups excluding carboxylic acids is 1. The molecule has 19 heavy (non-hydrogen) atoms. The SMILES string of the molecule is COC(=O)c1nc2cc(NCC(O)CO)ccc2o1. The number of hydrogen-bond donors (Lipinski definition) is 3. The number of carbonyl (C=O) groups is 1. The van der Waals surface area contributed by atoms with Gasteiger partial charge >= 0.3 is 11.9 Å². The highest BCUT2D eigenvalue weighted by Crippen LogP contribution is 2.20. The highest BCUT2D eigenvalue weighted by atomic mass is 16.5. The first-order valence-electron chi connectivity index (χ1n) is 5.65. The van der Waals surface area contributed by atoms with Gasteiger partial charge in [0.15, 0.2) is 5.58 Å². The van der Waals surface area contributed by atoms with Gasteiger partial charge < -0.3 is 24.7 Å². The van der Waals surface area contributed by atoms with E-state index in [1.54, 1.807) is 18.2 Å². The maximum atomic E-state index is 11.3. The van der Waals surface area contributed by atoms with Crippen molar-refractivity contribution in [2.75, 3.05) is 25.6 Å². The van der Waals surface area contributed by atoms with Crippen LogP contribution in [0.1, 0.15) is 10.7 Å². The van der Waals surface area contributed by atoms with Crippen molar-refractivity contribution in [3.8, 4) is 0 Å². The van der Waals surface area contributed by atoms with E-state index in [0.717, 1.165) is 0 Å². The minimum atomic E-state index is -0.835. The van der Waals surface area contributed by atoms with Crippen LogP contribution in [0, 0.1) is 0 Å². The summed E-state index contributed by atoms with van der Waals surface area (Å²) in [6, 6.07) is 5.05. The Bertz CT molecular complexity index is 581. The summed E-state index contributed by atoms with van der Waals surface area (Å²) in [6.07, 6.45) is -0.835. The monoisotopic (exact) mass is 266 g/mol. The molecule has 7 nitrogen and oxygen atoms in total. The van der Waals surface area contributed by atoms with E-state index >= 15 is 0 Å². The number of anilines is 1. The molecular weight excluding hydrogens is 252 g/mol. The molecule has 0 fully saturated rings. The smallest absolute Gasteiger partial charge is 0.394 e. The van der Waals surface area contributed by atoms with Gasteiger partial charge in [-0.05, 0) is 18.2 Å². The van der Waals surface area contributed by atoms with Crippen LogP contribution >= 0.6 is 0 Å². The van der Waals surface area contributed by atoms with E-state index in [0.29, 0.717) is 16.8 Å². The molecule has 0 radical (unpaired) electrons. The Morgan fingerprint density at radius 2 is 2.37 bits per heavy atom. The minimum absolute atomic E-state index is 0.106. The fraction of sp³-hybridized carbons (Fsp3) is 0.333. The average Bonchev–Trinajstić information content (AvgIpc) is 2.86. The number of aromatic nitrogens is 1. The molecule has 0 aliphatic rings. The molecule has 3 N–H and O–H groups in total. The lowest BCUT2D eigenvalue weighted by atomic mass is 10.2. The van der Waals surface area contributed by atoms with E-state index in [1.165, 1.54) is 7.11 Å². The molecule has 1 aromatic carbocycles. The Balaban J connectivity index is 2.18. The van der Waals surface area contributed by atoms with Crippen LogP contribution in [0.4, 0.5) is 5.69 Å². The summed E-state index contributed by atoms with van der Waals surface area (Å²) < 4.78 is 9.74. The van der Waals surface area contributed by atoms with E-state index in [1.807, 2.05) is 0 Å². The molecule has 0 bridgehead atoms. The topological polar surface area (TPSA) is 105 Å². The zero-order chi connectivity index (χ0) is 13.8. The molecule has 0 amide bonds. The van der Waals surface area contributed by atoms with Gasteiger partial charge in [0.05, 0.1) is 19.8 Å². The number of hydrogen-bond acceptors (Lipinski definition) is 7. The molecule has 2 aromatic rings. The second-order valence-corrected chi connectivity index (χ2v) is 3.91. The standard InChI is InChI=1S/C12H14N2O5/c1-18-12(17)11-14-9-4-7(2-3-10(9)19-11)13-5-8(16)6-15/h2-4,8,13,15-16H,5-6H2,1H3. The number of rotatable bonds is 5. The third-order valence-electron chi connectivity index (χ3n) is 2.50. The predicted molar refractivity (Wildman–Crippen MR) is 66.9 cm³/mol. The summed E-state index contributed by atoms with van der Waals surface area (Å²) in [5, 5.41) is 20.9. The molecule has 0 aliphatic carbocycles. The van der Waals surface area contributed by atoms with Gasteiger partial charge in [-0.3, -0.25) is 0 Å². The highest BCUT2D eigenvalue weighted by Gasteiger charge is 2.14. The molecule has 0 spiro atoms. The molecule has 2 rings (SSSR count). The lowest BCUT2D eigenvalue weighted by Gasteiger charge is -2.09. The zero-order valence-electron chi connectivity index (χ0n) is 10.3. The predicted octanol–water partition coefficient (Wildman–Crippen LogP) is 0.379. The summed E-state index contributed by atoms with van der Waals surface area (Å²) in [5.41, 5.74) is 1.67. The quantitative estimate of drug-likeness (QED) is 0.672. The van der Waals surface area contributed by atoms with Crippen molar-refractivity contribution in [3.05, 3.63) is 24.1 Å². The molecule has 102 valence electrons. The minimum Gasteiger partial charge on any atom is -0.462 e. The van der Waals surface area contributed by atoms with Crippen LogP contribution in [0.3, 0.4) is 0 Å². The molecule has 0 saturated carbocycles. The number of oxazole rings is 1. The first kappa shape index (κ1) is 13.3. The second kappa shape index (κ2) is 5.68. The number of nitrogens with one attached hydrogen (secondary N) is 1. The summed E-state index contributed by atoms with van der Waals surface area (Å²) in [5.74, 6) is -0.744. The van der Waals surface area contributed by atoms with Gasteiger partial charge in [0, 0.05) is 12.2 Å². The van der Waals surface area contributed by atoms with Gasteiger partial charge in [0.25, 0.3) is 0 Å². The molecule has 1 atom stereocenters. The van der Waals surface area contributed by atoms with Gasteiger partial charge in [-0.2, -0.15) is 0 Å². The van der Waals surface area contributed by atoms with Crippen molar-refractivity contribution >= 4 is 22.8 Å². The first-order chi connectivity index (χ1) is 9.13. The van der Waals surface area contributed by atoms with E-state index in [2.05, 4.69) is 15.0 Å². The van der Waals surface area contributed by atoms with Gasteiger partial charge in [-0.25, -0.2) is 9.78 Å². The number of fused-ring (bicyclic) bond motifs is 1. The van der Waals surface area contributed by atoms with E-state index in [4.69, 9.17) is 9.52 Å². The van der Waals surface area contributed by atoms with Gasteiger partial charge in [0.2, 0.25) is 0 Å². The van der Waals surface area contributed by atoms with Gasteiger partial charge in [0.1, 0.15) is 5.52 Å². The fourth-order valence-electron chi connectivity index (χ4n) is 1.51. The third-order valence-corrected chi connectivity index (χ3v) is 2.50. The molecule has 7 heteroatoms. The molecular formula is C12H14N2O5. The second-order valence-electron chi connectivity index (χ2n) is 3.91. The Labute approximate surface area is 108 Å². The molecule has 0 aliphatic heterocycles. The van der Waals surface area contributed by atoms with Crippen molar-refractivity contribution in [3.63, 3.8) is 0 Å². The summed E-state index contributed by atoms with van der Waals surface area (Å²) in [7, 11) is 1.25. The highest BCUT2D eigenvalue weighted by molar-refractivity contribution is 5.88. The maximum absolute atomic E-state index is 11.3. The van der Waals surface area contributed by atoms with Crippen LogP contribution in [0.15, 0.2) is 22.6 Å². The number of aliphatic hydroxyl groups is 2. The fourth-order valence-corrected chi connectivity index (χ4v) is 1.51. The first-order valence-corrected chi connectivity index (χ1v) is 5.65. The molecule has 0 saturated heterocycles. The van der Waals surface area contributed by atoms with E-state index < -0.39 is 12.1 Å². The van der Waals surface area contributed by atoms with Crippen LogP contribution in [0.25, 0.3) is 11.1 Å². The van der Waals surface area contributed by atoms with E-state index in [-0.39, 0.29) is 19.0 Å². The number of nitrogens with zero attached hydrogens (tertiary/aromatic N) is 1. The Morgan fingerprint density at radius 3 is 3.05 bits per heavy atom. The largest absolute Gasteiger partial charge is 0.462 e. The van der Waals surface area contributed by atoms with Crippen LogP contribution in [0.2, 0.25) is 0 Å². The van der Waals surface area contributed by atoms with Crippen molar-refractivity contribution in [2.45, 2.75) is 6.10 Å². The van der Waals surface area contributed by atoms with Crippen molar-refractivity contribution in [1.29, 1.82) is 0 Å². The lowest BCUT2D eigenvalue weighted by Crippen LogP contribution is -2.22. The number of ether oxygens (including phenoxy) is 1. The normalized spacial score (nSPS) is 12.4. The zero-order valence-corrected chi connectivity index (χ0v) is 10.3. The van der Waals surface area contributed by atoms with Crippen LogP contribution < -0.4 is 5.32 Å². The van der Waals surface area contributed by atoms with E-state index in [9.17, 15) is 9.90 Å². The molecule has 1 aromatic heterocycles. The number of esters is 1. The van der Waals surface area contributed by atoms with Crippen LogP contribution in [-0.2, 0) is 4.74 Å². The average molecular weight is 266 g/mol. The van der Waals surface area contributed by atoms with Crippen molar-refractivity contribution < 1.29 is 24.2 Å². The van der Waals surface area contributed by atoms with Crippen molar-refractivity contribution in [1.82, 2.24) is 4.98 Å². The lowest BCUT2D eigenvalue weighted by molar-refractivity contribution is 0.0558. The molecule has 1 heterocycles. The summed E-state index contributed by atoms with van der Waals surface area (Å²) >= 11 is 0.